The van der Waals surface area contributed by atoms with Gasteiger partial charge in [-0.15, -0.1) is 7.80 Å². The third kappa shape index (κ3) is 3.20. The summed E-state index contributed by atoms with van der Waals surface area (Å²) in [6.07, 6.45) is 8.35. The quantitative estimate of drug-likeness (QED) is 0.489. The number of hydrogen-bond donors (Lipinski definition) is 1. The molecule has 1 unspecified atom stereocenters. The molecule has 32 heavy (non-hydrogen) atoms. The van der Waals surface area contributed by atoms with Gasteiger partial charge in [-0.05, 0) is 85.3 Å². The summed E-state index contributed by atoms with van der Waals surface area (Å²) in [4.78, 5) is 14.3. The Morgan fingerprint density at radius 3 is 2.50 bits per heavy atom. The zero-order valence-electron chi connectivity index (χ0n) is 19.9. The first-order chi connectivity index (χ1) is 15.2. The Balaban J connectivity index is 1.66. The predicted molar refractivity (Wildman–Crippen MR) is 135 cm³/mol. The van der Waals surface area contributed by atoms with Crippen molar-refractivity contribution in [2.24, 2.45) is 17.3 Å². The first-order valence-corrected chi connectivity index (χ1v) is 14.0. The number of hydrogen-bond acceptors (Lipinski definition) is 3. The second-order valence-electron chi connectivity index (χ2n) is 10.9. The van der Waals surface area contributed by atoms with Crippen molar-refractivity contribution in [1.82, 2.24) is 0 Å². The van der Waals surface area contributed by atoms with E-state index in [-0.39, 0.29) is 17.1 Å². The van der Waals surface area contributed by atoms with Crippen LogP contribution in [0, 0.1) is 17.3 Å². The molecule has 5 heteroatoms. The highest BCUT2D eigenvalue weighted by molar-refractivity contribution is 7.82. The number of carbonyl (C=O) groups is 1. The highest BCUT2D eigenvalue weighted by atomic mass is 31.1. The minimum absolute atomic E-state index is 0.173. The van der Waals surface area contributed by atoms with Gasteiger partial charge in [-0.2, -0.15) is 0 Å². The molecular formula is C27H35BNO2P. The van der Waals surface area contributed by atoms with Gasteiger partial charge in [0.05, 0.1) is 5.34 Å². The number of aliphatic hydroxyl groups is 1. The molecular weight excluding hydrogens is 412 g/mol. The van der Waals surface area contributed by atoms with Crippen molar-refractivity contribution in [2.75, 3.05) is 25.7 Å². The van der Waals surface area contributed by atoms with Gasteiger partial charge in [0, 0.05) is 37.5 Å². The van der Waals surface area contributed by atoms with Gasteiger partial charge in [-0.25, -0.2) is 0 Å². The van der Waals surface area contributed by atoms with E-state index in [1.807, 2.05) is 12.7 Å². The Morgan fingerprint density at radius 1 is 1.12 bits per heavy atom. The van der Waals surface area contributed by atoms with E-state index in [1.165, 1.54) is 22.4 Å². The van der Waals surface area contributed by atoms with Crippen LogP contribution in [0.4, 0.5) is 5.69 Å². The van der Waals surface area contributed by atoms with Crippen LogP contribution in [0.5, 0.6) is 0 Å². The third-order valence-corrected chi connectivity index (χ3v) is 11.1. The van der Waals surface area contributed by atoms with Crippen molar-refractivity contribution in [3.8, 4) is 0 Å². The van der Waals surface area contributed by atoms with Crippen LogP contribution in [0.25, 0.3) is 0 Å². The smallest absolute Gasteiger partial charge is 0.156 e. The van der Waals surface area contributed by atoms with Gasteiger partial charge in [0.1, 0.15) is 7.57 Å². The van der Waals surface area contributed by atoms with Crippen LogP contribution in [-0.2, 0) is 4.79 Å². The molecule has 0 spiro atoms. The number of anilines is 1. The van der Waals surface area contributed by atoms with Crippen molar-refractivity contribution in [3.63, 3.8) is 0 Å². The molecule has 0 saturated heterocycles. The molecule has 0 heterocycles. The summed E-state index contributed by atoms with van der Waals surface area (Å²) >= 11 is 0. The van der Waals surface area contributed by atoms with Gasteiger partial charge in [0.15, 0.2) is 5.78 Å². The van der Waals surface area contributed by atoms with E-state index in [2.05, 4.69) is 50.2 Å². The molecule has 1 aromatic carbocycles. The summed E-state index contributed by atoms with van der Waals surface area (Å²) in [6, 6.07) is 8.99. The SMILES string of the molecule is [B]P(C)[C@]1(O)CC[C@H]2[C@@H]3CCC4=CC(=O)CCC4=C3[C@@H](c3ccc(N(C)C)cc3)C[C@@]21C. The monoisotopic (exact) mass is 447 g/mol. The fraction of sp³-hybridized carbons (Fsp3) is 0.593. The van der Waals surface area contributed by atoms with Gasteiger partial charge in [0.2, 0.25) is 0 Å². The van der Waals surface area contributed by atoms with Crippen molar-refractivity contribution in [3.05, 3.63) is 52.6 Å². The van der Waals surface area contributed by atoms with Gasteiger partial charge in [0.25, 0.3) is 0 Å². The maximum atomic E-state index is 12.2. The first kappa shape index (κ1) is 22.4. The van der Waals surface area contributed by atoms with Crippen molar-refractivity contribution in [1.29, 1.82) is 0 Å². The van der Waals surface area contributed by atoms with Crippen LogP contribution in [0.15, 0.2) is 47.1 Å². The Morgan fingerprint density at radius 2 is 1.84 bits per heavy atom. The molecule has 0 aromatic heterocycles. The Hall–Kier alpha value is -1.38. The van der Waals surface area contributed by atoms with E-state index in [0.717, 1.165) is 38.5 Å². The van der Waals surface area contributed by atoms with E-state index in [1.54, 1.807) is 5.57 Å². The zero-order valence-corrected chi connectivity index (χ0v) is 20.8. The molecule has 0 bridgehead atoms. The van der Waals surface area contributed by atoms with Gasteiger partial charge >= 0.3 is 0 Å². The van der Waals surface area contributed by atoms with Crippen LogP contribution >= 0.6 is 7.80 Å². The van der Waals surface area contributed by atoms with Gasteiger partial charge in [-0.1, -0.05) is 31.3 Å². The van der Waals surface area contributed by atoms with Crippen LogP contribution in [0.2, 0.25) is 0 Å². The highest BCUT2D eigenvalue weighted by Crippen LogP contribution is 2.72. The van der Waals surface area contributed by atoms with Gasteiger partial charge in [-0.3, -0.25) is 4.79 Å². The molecule has 2 saturated carbocycles. The predicted octanol–water partition coefficient (Wildman–Crippen LogP) is 5.54. The van der Waals surface area contributed by atoms with E-state index >= 15 is 0 Å². The Kier molecular flexibility index (Phi) is 5.50. The average molecular weight is 447 g/mol. The molecule has 5 rings (SSSR count). The molecule has 0 aliphatic heterocycles. The second kappa shape index (κ2) is 7.85. The van der Waals surface area contributed by atoms with E-state index in [9.17, 15) is 9.90 Å². The number of carbonyl (C=O) groups excluding carboxylic acids is 1. The maximum absolute atomic E-state index is 12.2. The van der Waals surface area contributed by atoms with Crippen molar-refractivity contribution >= 4 is 26.8 Å². The lowest BCUT2D eigenvalue weighted by Gasteiger charge is -2.56. The summed E-state index contributed by atoms with van der Waals surface area (Å²) in [5, 5.41) is 11.1. The number of ketones is 1. The molecule has 6 atom stereocenters. The minimum atomic E-state index is -0.947. The van der Waals surface area contributed by atoms with Crippen molar-refractivity contribution < 1.29 is 9.90 Å². The van der Waals surface area contributed by atoms with Gasteiger partial charge < -0.3 is 10.0 Å². The number of allylic oxidation sites excluding steroid dienone is 4. The molecule has 1 N–H and O–H groups in total. The lowest BCUT2D eigenvalue weighted by atomic mass is 9.53. The molecule has 4 aliphatic rings. The number of benzene rings is 1. The number of fused-ring (bicyclic) bond motifs is 4. The Bertz CT molecular complexity index is 997. The van der Waals surface area contributed by atoms with Crippen LogP contribution in [-0.4, -0.2) is 44.6 Å². The van der Waals surface area contributed by atoms with Crippen LogP contribution in [0.3, 0.4) is 0 Å². The highest BCUT2D eigenvalue weighted by Gasteiger charge is 2.63. The van der Waals surface area contributed by atoms with E-state index in [4.69, 9.17) is 7.57 Å². The average Bonchev–Trinajstić information content (AvgIpc) is 3.04. The van der Waals surface area contributed by atoms with Crippen molar-refractivity contribution in [2.45, 2.75) is 63.1 Å². The molecule has 0 amide bonds. The summed E-state index contributed by atoms with van der Waals surface area (Å²) in [7, 11) is 9.70. The standard InChI is InChI=1S/C27H35BNO2P/c1-26-16-23(17-5-8-19(9-6-17)29(2)3)25-21-12-10-20(30)15-18(21)7-11-22(25)24(26)13-14-27(26,31)32(4)28/h5-6,8-9,15,22-24,31H,7,10-14,16H2,1-4H3/t22-,23+,24-,26-,27+,32?/m0/s1. The fourth-order valence-electron chi connectivity index (χ4n) is 7.53. The topological polar surface area (TPSA) is 40.5 Å². The minimum Gasteiger partial charge on any atom is -0.386 e. The third-order valence-electron chi connectivity index (χ3n) is 9.24. The molecule has 4 aliphatic carbocycles. The number of nitrogens with zero attached hydrogens (tertiary/aromatic N) is 1. The molecule has 2 radical (unpaired) electrons. The summed E-state index contributed by atoms with van der Waals surface area (Å²) in [6.45, 7) is 4.38. The molecule has 1 aromatic rings. The summed E-state index contributed by atoms with van der Waals surface area (Å²) in [5.74, 6) is 1.52. The zero-order chi connectivity index (χ0) is 22.8. The molecule has 2 fully saturated rings. The maximum Gasteiger partial charge on any atom is 0.156 e. The summed E-state index contributed by atoms with van der Waals surface area (Å²) in [5.41, 5.74) is 6.70. The lowest BCUT2D eigenvalue weighted by Crippen LogP contribution is -2.50. The van der Waals surface area contributed by atoms with Crippen LogP contribution in [0.1, 0.15) is 63.4 Å². The van der Waals surface area contributed by atoms with Crippen LogP contribution < -0.4 is 4.90 Å². The van der Waals surface area contributed by atoms with E-state index in [0.29, 0.717) is 18.3 Å². The lowest BCUT2D eigenvalue weighted by molar-refractivity contribution is -0.114. The molecule has 168 valence electrons. The first-order valence-electron chi connectivity index (χ1n) is 12.1. The Labute approximate surface area is 195 Å². The van der Waals surface area contributed by atoms with E-state index < -0.39 is 13.1 Å². The second-order valence-corrected chi connectivity index (χ2v) is 12.9. The fourth-order valence-corrected chi connectivity index (χ4v) is 9.07. The largest absolute Gasteiger partial charge is 0.386 e. The molecule has 3 nitrogen and oxygen atoms in total. The number of rotatable bonds is 3. The normalized spacial score (nSPS) is 37.3. The summed E-state index contributed by atoms with van der Waals surface area (Å²) < 4.78 is 0.